The minimum absolute atomic E-state index is 0.124. The summed E-state index contributed by atoms with van der Waals surface area (Å²) in [5.41, 5.74) is 1.33. The van der Waals surface area contributed by atoms with Crippen LogP contribution in [0.1, 0.15) is 25.3 Å². The van der Waals surface area contributed by atoms with E-state index in [0.717, 1.165) is 19.4 Å². The van der Waals surface area contributed by atoms with Gasteiger partial charge in [0.25, 0.3) is 0 Å². The largest absolute Gasteiger partial charge is 0.392 e. The van der Waals surface area contributed by atoms with Gasteiger partial charge in [0, 0.05) is 12.6 Å². The number of rotatable bonds is 7. The Morgan fingerprint density at radius 3 is 2.59 bits per heavy atom. The number of likely N-dealkylation sites (N-methyl/N-ethyl adjacent to an activating group) is 1. The lowest BCUT2D eigenvalue weighted by atomic mass is 10.1. The van der Waals surface area contributed by atoms with Gasteiger partial charge in [-0.1, -0.05) is 55.8 Å². The maximum atomic E-state index is 8.85. The molecule has 0 aliphatic heterocycles. The SMILES string of the molecule is CCCC(/C=C/CO)N(C)Cc1ccccc1. The van der Waals surface area contributed by atoms with Gasteiger partial charge >= 0.3 is 0 Å². The Bertz CT molecular complexity index is 321. The first kappa shape index (κ1) is 13.9. The summed E-state index contributed by atoms with van der Waals surface area (Å²) in [4.78, 5) is 2.32. The molecule has 1 rings (SSSR count). The zero-order chi connectivity index (χ0) is 12.5. The van der Waals surface area contributed by atoms with Crippen molar-refractivity contribution in [2.75, 3.05) is 13.7 Å². The third-order valence-electron chi connectivity index (χ3n) is 2.89. The van der Waals surface area contributed by atoms with Crippen molar-refractivity contribution in [2.45, 2.75) is 32.4 Å². The Balaban J connectivity index is 2.58. The first-order valence-electron chi connectivity index (χ1n) is 6.29. The molecular weight excluding hydrogens is 210 g/mol. The van der Waals surface area contributed by atoms with E-state index in [9.17, 15) is 0 Å². The fourth-order valence-corrected chi connectivity index (χ4v) is 1.97. The number of aliphatic hydroxyl groups excluding tert-OH is 1. The first-order valence-corrected chi connectivity index (χ1v) is 6.29. The summed E-state index contributed by atoms with van der Waals surface area (Å²) in [6, 6.07) is 10.9. The lowest BCUT2D eigenvalue weighted by Crippen LogP contribution is -2.29. The molecule has 0 aromatic heterocycles. The van der Waals surface area contributed by atoms with E-state index in [-0.39, 0.29) is 6.61 Å². The van der Waals surface area contributed by atoms with E-state index in [1.165, 1.54) is 5.56 Å². The van der Waals surface area contributed by atoms with Crippen LogP contribution in [0.25, 0.3) is 0 Å². The van der Waals surface area contributed by atoms with Crippen LogP contribution < -0.4 is 0 Å². The van der Waals surface area contributed by atoms with Crippen molar-refractivity contribution in [3.05, 3.63) is 48.0 Å². The van der Waals surface area contributed by atoms with E-state index in [1.807, 2.05) is 12.1 Å². The molecule has 0 amide bonds. The van der Waals surface area contributed by atoms with Crippen molar-refractivity contribution in [3.63, 3.8) is 0 Å². The molecule has 1 unspecified atom stereocenters. The van der Waals surface area contributed by atoms with Gasteiger partial charge < -0.3 is 5.11 Å². The van der Waals surface area contributed by atoms with Gasteiger partial charge in [-0.05, 0) is 19.0 Å². The molecule has 0 aliphatic rings. The molecule has 0 radical (unpaired) electrons. The molecular formula is C15H23NO. The molecule has 1 atom stereocenters. The topological polar surface area (TPSA) is 23.5 Å². The zero-order valence-corrected chi connectivity index (χ0v) is 10.8. The van der Waals surface area contributed by atoms with Gasteiger partial charge in [-0.25, -0.2) is 0 Å². The predicted molar refractivity (Wildman–Crippen MR) is 72.8 cm³/mol. The Morgan fingerprint density at radius 1 is 1.29 bits per heavy atom. The Labute approximate surface area is 105 Å². The molecule has 0 heterocycles. The van der Waals surface area contributed by atoms with Crippen molar-refractivity contribution < 1.29 is 5.11 Å². The monoisotopic (exact) mass is 233 g/mol. The molecule has 0 fully saturated rings. The molecule has 1 aromatic rings. The van der Waals surface area contributed by atoms with E-state index in [4.69, 9.17) is 5.11 Å². The smallest absolute Gasteiger partial charge is 0.0612 e. The summed E-state index contributed by atoms with van der Waals surface area (Å²) in [5, 5.41) is 8.85. The van der Waals surface area contributed by atoms with Crippen molar-refractivity contribution in [1.29, 1.82) is 0 Å². The second kappa shape index (κ2) is 8.04. The highest BCUT2D eigenvalue weighted by molar-refractivity contribution is 5.14. The molecule has 0 bridgehead atoms. The van der Waals surface area contributed by atoms with Crippen molar-refractivity contribution in [3.8, 4) is 0 Å². The second-order valence-electron chi connectivity index (χ2n) is 4.37. The first-order chi connectivity index (χ1) is 8.27. The predicted octanol–water partition coefficient (Wildman–Crippen LogP) is 2.84. The van der Waals surface area contributed by atoms with Crippen LogP contribution in [0.2, 0.25) is 0 Å². The fraction of sp³-hybridized carbons (Fsp3) is 0.467. The summed E-state index contributed by atoms with van der Waals surface area (Å²) in [5.74, 6) is 0. The van der Waals surface area contributed by atoms with Crippen LogP contribution in [0.5, 0.6) is 0 Å². The number of benzene rings is 1. The molecule has 1 N–H and O–H groups in total. The summed E-state index contributed by atoms with van der Waals surface area (Å²) in [7, 11) is 2.13. The summed E-state index contributed by atoms with van der Waals surface area (Å²) in [6.07, 6.45) is 6.22. The Morgan fingerprint density at radius 2 is 2.00 bits per heavy atom. The van der Waals surface area contributed by atoms with Crippen LogP contribution in [0, 0.1) is 0 Å². The molecule has 2 nitrogen and oxygen atoms in total. The Hall–Kier alpha value is -1.12. The van der Waals surface area contributed by atoms with Crippen LogP contribution in [0.4, 0.5) is 0 Å². The Kier molecular flexibility index (Phi) is 6.60. The third-order valence-corrected chi connectivity index (χ3v) is 2.89. The van der Waals surface area contributed by atoms with Crippen LogP contribution in [0.3, 0.4) is 0 Å². The third kappa shape index (κ3) is 5.16. The highest BCUT2D eigenvalue weighted by Gasteiger charge is 2.10. The number of aliphatic hydroxyl groups is 1. The maximum absolute atomic E-state index is 8.85. The van der Waals surface area contributed by atoms with Crippen LogP contribution >= 0.6 is 0 Å². The van der Waals surface area contributed by atoms with Gasteiger partial charge in [-0.3, -0.25) is 4.90 Å². The van der Waals surface area contributed by atoms with E-state index >= 15 is 0 Å². The van der Waals surface area contributed by atoms with Gasteiger partial charge in [0.2, 0.25) is 0 Å². The molecule has 0 saturated carbocycles. The van der Waals surface area contributed by atoms with Crippen molar-refractivity contribution in [1.82, 2.24) is 4.90 Å². The van der Waals surface area contributed by atoms with E-state index < -0.39 is 0 Å². The second-order valence-corrected chi connectivity index (χ2v) is 4.37. The van der Waals surface area contributed by atoms with Crippen molar-refractivity contribution in [2.24, 2.45) is 0 Å². The van der Waals surface area contributed by atoms with E-state index in [0.29, 0.717) is 6.04 Å². The summed E-state index contributed by atoms with van der Waals surface area (Å²) < 4.78 is 0. The standard InChI is InChI=1S/C15H23NO/c1-3-8-15(11-7-12-17)16(2)13-14-9-5-4-6-10-14/h4-7,9-11,15,17H,3,8,12-13H2,1-2H3/b11-7+. The number of nitrogens with zero attached hydrogens (tertiary/aromatic N) is 1. The number of hydrogen-bond acceptors (Lipinski definition) is 2. The summed E-state index contributed by atoms with van der Waals surface area (Å²) >= 11 is 0. The average molecular weight is 233 g/mol. The normalized spacial score (nSPS) is 13.4. The fourth-order valence-electron chi connectivity index (χ4n) is 1.97. The van der Waals surface area contributed by atoms with Gasteiger partial charge in [0.1, 0.15) is 0 Å². The number of hydrogen-bond donors (Lipinski definition) is 1. The highest BCUT2D eigenvalue weighted by atomic mass is 16.2. The van der Waals surface area contributed by atoms with Gasteiger partial charge in [0.15, 0.2) is 0 Å². The molecule has 2 heteroatoms. The molecule has 1 aromatic carbocycles. The minimum atomic E-state index is 0.124. The molecule has 0 spiro atoms. The van der Waals surface area contributed by atoms with Crippen LogP contribution in [-0.2, 0) is 6.54 Å². The van der Waals surface area contributed by atoms with E-state index in [1.54, 1.807) is 0 Å². The van der Waals surface area contributed by atoms with Crippen molar-refractivity contribution >= 4 is 0 Å². The zero-order valence-electron chi connectivity index (χ0n) is 10.8. The quantitative estimate of drug-likeness (QED) is 0.732. The molecule has 17 heavy (non-hydrogen) atoms. The van der Waals surface area contributed by atoms with Crippen LogP contribution in [0.15, 0.2) is 42.5 Å². The molecule has 0 saturated heterocycles. The van der Waals surface area contributed by atoms with Gasteiger partial charge in [-0.2, -0.15) is 0 Å². The average Bonchev–Trinajstić information content (AvgIpc) is 2.35. The minimum Gasteiger partial charge on any atom is -0.392 e. The maximum Gasteiger partial charge on any atom is 0.0612 e. The lowest BCUT2D eigenvalue weighted by Gasteiger charge is -2.25. The molecule has 94 valence electrons. The summed E-state index contributed by atoms with van der Waals surface area (Å²) in [6.45, 7) is 3.26. The van der Waals surface area contributed by atoms with Gasteiger partial charge in [0.05, 0.1) is 6.61 Å². The highest BCUT2D eigenvalue weighted by Crippen LogP contribution is 2.11. The molecule has 0 aliphatic carbocycles. The van der Waals surface area contributed by atoms with E-state index in [2.05, 4.69) is 49.2 Å². The lowest BCUT2D eigenvalue weighted by molar-refractivity contribution is 0.259. The van der Waals surface area contributed by atoms with Gasteiger partial charge in [-0.15, -0.1) is 0 Å². The van der Waals surface area contributed by atoms with Crippen LogP contribution in [-0.4, -0.2) is 29.7 Å².